The molecule has 0 bridgehead atoms. The summed E-state index contributed by atoms with van der Waals surface area (Å²) in [7, 11) is 1.56. The fourth-order valence-corrected chi connectivity index (χ4v) is 4.10. The monoisotopic (exact) mass is 537 g/mol. The number of methoxy groups -OCH3 is 1. The van der Waals surface area contributed by atoms with E-state index < -0.39 is 0 Å². The molecule has 0 fully saturated rings. The molecular weight excluding hydrogens is 518 g/mol. The van der Waals surface area contributed by atoms with E-state index in [0.717, 1.165) is 11.3 Å². The molecule has 0 aliphatic carbocycles. The summed E-state index contributed by atoms with van der Waals surface area (Å²) < 4.78 is 14.0. The molecule has 0 saturated carbocycles. The zero-order chi connectivity index (χ0) is 23.9. The Bertz CT molecular complexity index is 1320. The van der Waals surface area contributed by atoms with Gasteiger partial charge in [0.1, 0.15) is 6.61 Å². The number of para-hydroxylation sites is 1. The van der Waals surface area contributed by atoms with Gasteiger partial charge >= 0.3 is 0 Å². The van der Waals surface area contributed by atoms with Crippen molar-refractivity contribution in [3.63, 3.8) is 0 Å². The van der Waals surface area contributed by atoms with E-state index in [1.54, 1.807) is 25.5 Å². The first-order valence-corrected chi connectivity index (χ1v) is 11.5. The minimum Gasteiger partial charge on any atom is -0.493 e. The summed E-state index contributed by atoms with van der Waals surface area (Å²) in [5, 5.41) is 4.76. The molecule has 1 aromatic heterocycles. The van der Waals surface area contributed by atoms with Crippen LogP contribution in [0.25, 0.3) is 5.69 Å². The zero-order valence-electron chi connectivity index (χ0n) is 18.2. The van der Waals surface area contributed by atoms with Crippen molar-refractivity contribution in [3.05, 3.63) is 111 Å². The van der Waals surface area contributed by atoms with Crippen LogP contribution in [0, 0.1) is 0 Å². The molecule has 172 valence electrons. The summed E-state index contributed by atoms with van der Waals surface area (Å²) in [4.78, 5) is 12.7. The van der Waals surface area contributed by atoms with E-state index in [1.165, 1.54) is 0 Å². The van der Waals surface area contributed by atoms with Gasteiger partial charge in [-0.25, -0.2) is 5.43 Å². The number of aromatic nitrogens is 1. The number of benzene rings is 3. The Hall–Kier alpha value is -3.55. The lowest BCUT2D eigenvalue weighted by Crippen LogP contribution is -2.19. The van der Waals surface area contributed by atoms with Gasteiger partial charge in [-0.05, 0) is 64.0 Å². The molecule has 0 saturated heterocycles. The van der Waals surface area contributed by atoms with Gasteiger partial charge in [0.05, 0.1) is 29.0 Å². The van der Waals surface area contributed by atoms with E-state index in [-0.39, 0.29) is 5.91 Å². The summed E-state index contributed by atoms with van der Waals surface area (Å²) in [6.45, 7) is 0.291. The first-order valence-electron chi connectivity index (χ1n) is 10.4. The van der Waals surface area contributed by atoms with E-state index in [4.69, 9.17) is 21.1 Å². The van der Waals surface area contributed by atoms with Crippen LogP contribution in [0.15, 0.2) is 94.8 Å². The van der Waals surface area contributed by atoms with Crippen molar-refractivity contribution in [1.29, 1.82) is 0 Å². The maximum atomic E-state index is 12.7. The van der Waals surface area contributed by atoms with Gasteiger partial charge in [-0.1, -0.05) is 41.9 Å². The van der Waals surface area contributed by atoms with Crippen LogP contribution in [0.2, 0.25) is 5.02 Å². The Labute approximate surface area is 210 Å². The molecule has 1 heterocycles. The van der Waals surface area contributed by atoms with Gasteiger partial charge in [0.25, 0.3) is 5.91 Å². The quantitative estimate of drug-likeness (QED) is 0.213. The summed E-state index contributed by atoms with van der Waals surface area (Å²) in [5.74, 6) is 0.752. The number of halogens is 2. The lowest BCUT2D eigenvalue weighted by Gasteiger charge is -2.14. The van der Waals surface area contributed by atoms with Gasteiger partial charge in [-0.3, -0.25) is 4.79 Å². The van der Waals surface area contributed by atoms with Crippen LogP contribution in [-0.2, 0) is 6.61 Å². The van der Waals surface area contributed by atoms with Crippen LogP contribution < -0.4 is 14.9 Å². The average Bonchev–Trinajstić information content (AvgIpc) is 3.39. The highest BCUT2D eigenvalue weighted by atomic mass is 79.9. The van der Waals surface area contributed by atoms with Crippen molar-refractivity contribution in [2.24, 2.45) is 5.10 Å². The summed E-state index contributed by atoms with van der Waals surface area (Å²) in [6, 6.07) is 22.2. The number of ether oxygens (including phenoxy) is 2. The van der Waals surface area contributed by atoms with Crippen LogP contribution in [-0.4, -0.2) is 23.8 Å². The Kier molecular flexibility index (Phi) is 7.67. The largest absolute Gasteiger partial charge is 0.493 e. The second kappa shape index (κ2) is 11.0. The second-order valence-corrected chi connectivity index (χ2v) is 8.48. The van der Waals surface area contributed by atoms with Gasteiger partial charge in [0.2, 0.25) is 0 Å². The van der Waals surface area contributed by atoms with E-state index >= 15 is 0 Å². The topological polar surface area (TPSA) is 64.8 Å². The molecule has 8 heteroatoms. The number of amides is 1. The Balaban J connectivity index is 1.47. The summed E-state index contributed by atoms with van der Waals surface area (Å²) in [5.41, 5.74) is 5.45. The highest BCUT2D eigenvalue weighted by Crippen LogP contribution is 2.37. The molecule has 4 rings (SSSR count). The van der Waals surface area contributed by atoms with Crippen molar-refractivity contribution in [3.8, 4) is 17.2 Å². The number of carbonyl (C=O) groups is 1. The second-order valence-electron chi connectivity index (χ2n) is 7.22. The van der Waals surface area contributed by atoms with E-state index in [9.17, 15) is 4.79 Å². The van der Waals surface area contributed by atoms with Crippen LogP contribution in [0.1, 0.15) is 21.5 Å². The van der Waals surface area contributed by atoms with Crippen molar-refractivity contribution in [2.45, 2.75) is 6.61 Å². The van der Waals surface area contributed by atoms with E-state index in [1.807, 2.05) is 77.6 Å². The molecule has 0 unspecified atom stereocenters. The van der Waals surface area contributed by atoms with Crippen molar-refractivity contribution >= 4 is 39.7 Å². The average molecular weight is 539 g/mol. The fourth-order valence-electron chi connectivity index (χ4n) is 3.33. The minimum absolute atomic E-state index is 0.291. The van der Waals surface area contributed by atoms with Gasteiger partial charge in [0, 0.05) is 23.0 Å². The Morgan fingerprint density at radius 1 is 1.09 bits per heavy atom. The predicted molar refractivity (Wildman–Crippen MR) is 137 cm³/mol. The molecule has 1 amide bonds. The molecule has 1 N–H and O–H groups in total. The molecular formula is C26H21BrClN3O3. The van der Waals surface area contributed by atoms with Crippen LogP contribution in [0.5, 0.6) is 11.5 Å². The molecule has 0 aliphatic heterocycles. The molecule has 0 aliphatic rings. The molecule has 0 radical (unpaired) electrons. The lowest BCUT2D eigenvalue weighted by atomic mass is 10.1. The maximum Gasteiger partial charge on any atom is 0.273 e. The van der Waals surface area contributed by atoms with Gasteiger partial charge in [-0.15, -0.1) is 0 Å². The third-order valence-corrected chi connectivity index (χ3v) is 5.95. The molecule has 0 atom stereocenters. The molecule has 4 aromatic rings. The van der Waals surface area contributed by atoms with Crippen LogP contribution in [0.3, 0.4) is 0 Å². The summed E-state index contributed by atoms with van der Waals surface area (Å²) in [6.07, 6.45) is 5.31. The first kappa shape index (κ1) is 23.6. The number of nitrogens with one attached hydrogen (secondary N) is 1. The first-order chi connectivity index (χ1) is 16.6. The van der Waals surface area contributed by atoms with Gasteiger partial charge in [0.15, 0.2) is 11.5 Å². The maximum absolute atomic E-state index is 12.7. The number of rotatable bonds is 8. The van der Waals surface area contributed by atoms with E-state index in [0.29, 0.717) is 38.7 Å². The Morgan fingerprint density at radius 2 is 1.82 bits per heavy atom. The SMILES string of the molecule is COc1cc(/C=N\NC(=O)c2ccccc2-n2cccc2)cc(Br)c1OCc1ccccc1Cl. The normalized spacial score (nSPS) is 10.9. The number of hydrogen-bond acceptors (Lipinski definition) is 4. The van der Waals surface area contributed by atoms with Gasteiger partial charge < -0.3 is 14.0 Å². The minimum atomic E-state index is -0.314. The highest BCUT2D eigenvalue weighted by molar-refractivity contribution is 9.10. The van der Waals surface area contributed by atoms with Crippen molar-refractivity contribution in [1.82, 2.24) is 9.99 Å². The fraction of sp³-hybridized carbons (Fsp3) is 0.0769. The number of carbonyl (C=O) groups excluding carboxylic acids is 1. The molecule has 34 heavy (non-hydrogen) atoms. The highest BCUT2D eigenvalue weighted by Gasteiger charge is 2.13. The third kappa shape index (κ3) is 5.50. The van der Waals surface area contributed by atoms with Gasteiger partial charge in [-0.2, -0.15) is 5.10 Å². The van der Waals surface area contributed by atoms with Crippen molar-refractivity contribution < 1.29 is 14.3 Å². The standard InChI is InChI=1S/C26H21BrClN3O3/c1-33-24-15-18(14-21(27)25(24)34-17-19-8-2-4-10-22(19)28)16-29-30-26(32)20-9-3-5-11-23(20)31-12-6-7-13-31/h2-16H,17H2,1H3,(H,30,32)/b29-16-. The molecule has 6 nitrogen and oxygen atoms in total. The molecule has 3 aromatic carbocycles. The summed E-state index contributed by atoms with van der Waals surface area (Å²) >= 11 is 9.75. The number of nitrogens with zero attached hydrogens (tertiary/aromatic N) is 2. The lowest BCUT2D eigenvalue weighted by molar-refractivity contribution is 0.0955. The third-order valence-electron chi connectivity index (χ3n) is 4.99. The number of hydrogen-bond donors (Lipinski definition) is 1. The number of hydrazone groups is 1. The van der Waals surface area contributed by atoms with Crippen molar-refractivity contribution in [2.75, 3.05) is 7.11 Å². The van der Waals surface area contributed by atoms with E-state index in [2.05, 4.69) is 26.5 Å². The van der Waals surface area contributed by atoms with Crippen LogP contribution >= 0.6 is 27.5 Å². The smallest absolute Gasteiger partial charge is 0.273 e. The predicted octanol–water partition coefficient (Wildman–Crippen LogP) is 6.24. The zero-order valence-corrected chi connectivity index (χ0v) is 20.6. The Morgan fingerprint density at radius 3 is 2.59 bits per heavy atom. The molecule has 0 spiro atoms. The van der Waals surface area contributed by atoms with Crippen LogP contribution in [0.4, 0.5) is 0 Å².